The number of aromatic nitrogens is 2. The standard InChI is InChI=1S/C15H11ClN2OS/c1-9-4-2-3-5-13(9)18-14(19)11-7-6-10(16)8-12(11)17-15(18)20/h2-8H,1H3,(H,17,20). The highest BCUT2D eigenvalue weighted by Gasteiger charge is 2.09. The van der Waals surface area contributed by atoms with Crippen LogP contribution < -0.4 is 5.56 Å². The number of para-hydroxylation sites is 1. The van der Waals surface area contributed by atoms with Gasteiger partial charge in [-0.3, -0.25) is 9.36 Å². The number of nitrogens with one attached hydrogen (secondary N) is 1. The first-order valence-electron chi connectivity index (χ1n) is 6.08. The van der Waals surface area contributed by atoms with Crippen LogP contribution in [-0.4, -0.2) is 9.55 Å². The van der Waals surface area contributed by atoms with Crippen LogP contribution in [0, 0.1) is 11.7 Å². The minimum atomic E-state index is -0.144. The lowest BCUT2D eigenvalue weighted by Gasteiger charge is -2.10. The molecule has 0 aliphatic carbocycles. The molecule has 0 unspecified atom stereocenters. The van der Waals surface area contributed by atoms with Crippen LogP contribution in [0.2, 0.25) is 5.02 Å². The topological polar surface area (TPSA) is 37.8 Å². The van der Waals surface area contributed by atoms with E-state index in [-0.39, 0.29) is 5.56 Å². The van der Waals surface area contributed by atoms with Gasteiger partial charge in [0.2, 0.25) is 0 Å². The largest absolute Gasteiger partial charge is 0.331 e. The van der Waals surface area contributed by atoms with Gasteiger partial charge in [-0.25, -0.2) is 0 Å². The zero-order chi connectivity index (χ0) is 14.3. The van der Waals surface area contributed by atoms with E-state index in [9.17, 15) is 4.79 Å². The fraction of sp³-hybridized carbons (Fsp3) is 0.0667. The summed E-state index contributed by atoms with van der Waals surface area (Å²) in [6.07, 6.45) is 0. The fourth-order valence-electron chi connectivity index (χ4n) is 2.22. The van der Waals surface area contributed by atoms with Crippen molar-refractivity contribution in [2.75, 3.05) is 0 Å². The molecule has 3 nitrogen and oxygen atoms in total. The summed E-state index contributed by atoms with van der Waals surface area (Å²) in [5, 5.41) is 1.13. The molecule has 0 radical (unpaired) electrons. The summed E-state index contributed by atoms with van der Waals surface area (Å²) >= 11 is 11.3. The first kappa shape index (κ1) is 13.1. The second kappa shape index (κ2) is 4.89. The van der Waals surface area contributed by atoms with Crippen molar-refractivity contribution in [1.82, 2.24) is 9.55 Å². The van der Waals surface area contributed by atoms with Crippen LogP contribution in [0.5, 0.6) is 0 Å². The number of hydrogen-bond acceptors (Lipinski definition) is 2. The van der Waals surface area contributed by atoms with E-state index in [1.54, 1.807) is 18.2 Å². The second-order valence-corrected chi connectivity index (χ2v) is 5.37. The van der Waals surface area contributed by atoms with E-state index in [4.69, 9.17) is 23.8 Å². The molecule has 1 aromatic heterocycles. The molecular formula is C15H11ClN2OS. The highest BCUT2D eigenvalue weighted by molar-refractivity contribution is 7.71. The number of aryl methyl sites for hydroxylation is 1. The Labute approximate surface area is 125 Å². The summed E-state index contributed by atoms with van der Waals surface area (Å²) in [4.78, 5) is 15.7. The Morgan fingerprint density at radius 1 is 1.20 bits per heavy atom. The summed E-state index contributed by atoms with van der Waals surface area (Å²) in [6.45, 7) is 1.95. The maximum Gasteiger partial charge on any atom is 0.266 e. The summed E-state index contributed by atoms with van der Waals surface area (Å²) in [5.41, 5.74) is 2.28. The summed E-state index contributed by atoms with van der Waals surface area (Å²) in [5.74, 6) is 0. The molecule has 3 rings (SSSR count). The van der Waals surface area contributed by atoms with E-state index < -0.39 is 0 Å². The van der Waals surface area contributed by atoms with Crippen molar-refractivity contribution in [3.8, 4) is 5.69 Å². The van der Waals surface area contributed by atoms with Crippen molar-refractivity contribution in [3.63, 3.8) is 0 Å². The molecule has 5 heteroatoms. The summed E-state index contributed by atoms with van der Waals surface area (Å²) in [7, 11) is 0. The van der Waals surface area contributed by atoms with Gasteiger partial charge in [-0.2, -0.15) is 0 Å². The van der Waals surface area contributed by atoms with Crippen LogP contribution in [0.4, 0.5) is 0 Å². The summed E-state index contributed by atoms with van der Waals surface area (Å²) in [6, 6.07) is 12.7. The van der Waals surface area contributed by atoms with Gasteiger partial charge in [-0.05, 0) is 49.0 Å². The first-order valence-corrected chi connectivity index (χ1v) is 6.87. The number of halogens is 1. The number of benzene rings is 2. The number of fused-ring (bicyclic) bond motifs is 1. The molecule has 3 aromatic rings. The third-order valence-electron chi connectivity index (χ3n) is 3.22. The SMILES string of the molecule is Cc1ccccc1-n1c(=S)[nH]c2cc(Cl)ccc2c1=O. The second-order valence-electron chi connectivity index (χ2n) is 4.55. The quantitative estimate of drug-likeness (QED) is 0.690. The van der Waals surface area contributed by atoms with Crippen molar-refractivity contribution in [2.45, 2.75) is 6.92 Å². The van der Waals surface area contributed by atoms with Gasteiger partial charge in [0, 0.05) is 5.02 Å². The van der Waals surface area contributed by atoms with Crippen LogP contribution in [-0.2, 0) is 0 Å². The van der Waals surface area contributed by atoms with E-state index in [0.29, 0.717) is 20.7 Å². The number of hydrogen-bond donors (Lipinski definition) is 1. The predicted molar refractivity (Wildman–Crippen MR) is 84.5 cm³/mol. The molecule has 0 amide bonds. The van der Waals surface area contributed by atoms with Gasteiger partial charge in [0.1, 0.15) is 0 Å². The monoisotopic (exact) mass is 302 g/mol. The van der Waals surface area contributed by atoms with Crippen LogP contribution in [0.15, 0.2) is 47.3 Å². The smallest absolute Gasteiger partial charge is 0.266 e. The molecule has 1 N–H and O–H groups in total. The van der Waals surface area contributed by atoms with Crippen molar-refractivity contribution in [3.05, 3.63) is 68.2 Å². The Hall–Kier alpha value is -1.91. The zero-order valence-corrected chi connectivity index (χ0v) is 12.3. The lowest BCUT2D eigenvalue weighted by molar-refractivity contribution is 0.931. The molecule has 0 spiro atoms. The Kier molecular flexibility index (Phi) is 3.20. The highest BCUT2D eigenvalue weighted by Crippen LogP contribution is 2.17. The van der Waals surface area contributed by atoms with Crippen LogP contribution in [0.1, 0.15) is 5.56 Å². The maximum atomic E-state index is 12.6. The molecule has 2 aromatic carbocycles. The molecule has 0 bridgehead atoms. The van der Waals surface area contributed by atoms with E-state index in [0.717, 1.165) is 11.3 Å². The Balaban J connectivity index is 2.44. The van der Waals surface area contributed by atoms with Crippen molar-refractivity contribution >= 4 is 34.7 Å². The average Bonchev–Trinajstić information content (AvgIpc) is 2.40. The number of H-pyrrole nitrogens is 1. The van der Waals surface area contributed by atoms with Gasteiger partial charge in [0.15, 0.2) is 4.77 Å². The van der Waals surface area contributed by atoms with Gasteiger partial charge in [0.25, 0.3) is 5.56 Å². The molecule has 100 valence electrons. The van der Waals surface area contributed by atoms with Crippen molar-refractivity contribution in [2.24, 2.45) is 0 Å². The minimum Gasteiger partial charge on any atom is -0.331 e. The molecule has 20 heavy (non-hydrogen) atoms. The Bertz CT molecular complexity index is 927. The third-order valence-corrected chi connectivity index (χ3v) is 3.74. The average molecular weight is 303 g/mol. The van der Waals surface area contributed by atoms with Crippen molar-refractivity contribution < 1.29 is 0 Å². The molecule has 0 saturated carbocycles. The first-order chi connectivity index (χ1) is 9.58. The number of rotatable bonds is 1. The zero-order valence-electron chi connectivity index (χ0n) is 10.7. The molecule has 0 atom stereocenters. The normalized spacial score (nSPS) is 10.9. The predicted octanol–water partition coefficient (Wildman–Crippen LogP) is 4.01. The van der Waals surface area contributed by atoms with Crippen LogP contribution >= 0.6 is 23.8 Å². The highest BCUT2D eigenvalue weighted by atomic mass is 35.5. The lowest BCUT2D eigenvalue weighted by Crippen LogP contribution is -2.21. The molecular weight excluding hydrogens is 292 g/mol. The van der Waals surface area contributed by atoms with Crippen LogP contribution in [0.3, 0.4) is 0 Å². The molecule has 1 heterocycles. The van der Waals surface area contributed by atoms with Gasteiger partial charge in [-0.1, -0.05) is 29.8 Å². The molecule has 0 fully saturated rings. The molecule has 0 saturated heterocycles. The molecule has 0 aliphatic rings. The maximum absolute atomic E-state index is 12.6. The Morgan fingerprint density at radius 2 is 1.95 bits per heavy atom. The lowest BCUT2D eigenvalue weighted by atomic mass is 10.2. The molecule has 0 aliphatic heterocycles. The Morgan fingerprint density at radius 3 is 2.70 bits per heavy atom. The van der Waals surface area contributed by atoms with Crippen molar-refractivity contribution in [1.29, 1.82) is 0 Å². The van der Waals surface area contributed by atoms with Crippen LogP contribution in [0.25, 0.3) is 16.6 Å². The van der Waals surface area contributed by atoms with Gasteiger partial charge in [-0.15, -0.1) is 0 Å². The number of aromatic amines is 1. The van der Waals surface area contributed by atoms with Gasteiger partial charge >= 0.3 is 0 Å². The van der Waals surface area contributed by atoms with E-state index in [1.165, 1.54) is 4.57 Å². The third kappa shape index (κ3) is 2.07. The fourth-order valence-corrected chi connectivity index (χ4v) is 2.69. The summed E-state index contributed by atoms with van der Waals surface area (Å²) < 4.78 is 1.88. The number of nitrogens with zero attached hydrogens (tertiary/aromatic N) is 1. The van der Waals surface area contributed by atoms with E-state index in [2.05, 4.69) is 4.98 Å². The van der Waals surface area contributed by atoms with Gasteiger partial charge < -0.3 is 4.98 Å². The van der Waals surface area contributed by atoms with E-state index >= 15 is 0 Å². The minimum absolute atomic E-state index is 0.144. The van der Waals surface area contributed by atoms with Gasteiger partial charge in [0.05, 0.1) is 16.6 Å². The van der Waals surface area contributed by atoms with E-state index in [1.807, 2.05) is 31.2 Å².